The molecule has 1 aromatic carbocycles. The standard InChI is InChI=1S/C21H32N2O/c1-16(2)15-23-12-10-17(11-13-23)14-22-21(24)20(19-8-9-19)18-6-4-3-5-7-18/h3-7,16-17,19-20H,8-15H2,1-2H3,(H,22,24). The van der Waals surface area contributed by atoms with E-state index in [9.17, 15) is 4.79 Å². The number of rotatable bonds is 7. The largest absolute Gasteiger partial charge is 0.355 e. The van der Waals surface area contributed by atoms with E-state index in [0.717, 1.165) is 12.5 Å². The summed E-state index contributed by atoms with van der Waals surface area (Å²) in [7, 11) is 0. The molecule has 1 saturated heterocycles. The van der Waals surface area contributed by atoms with Crippen molar-refractivity contribution in [2.45, 2.75) is 45.4 Å². The Morgan fingerprint density at radius 2 is 1.79 bits per heavy atom. The summed E-state index contributed by atoms with van der Waals surface area (Å²) >= 11 is 0. The second-order valence-corrected chi connectivity index (χ2v) is 8.11. The highest BCUT2D eigenvalue weighted by molar-refractivity contribution is 5.84. The lowest BCUT2D eigenvalue weighted by atomic mass is 9.92. The number of amides is 1. The Hall–Kier alpha value is -1.35. The highest BCUT2D eigenvalue weighted by Crippen LogP contribution is 2.42. The first-order valence-corrected chi connectivity index (χ1v) is 9.68. The van der Waals surface area contributed by atoms with Crippen molar-refractivity contribution in [1.29, 1.82) is 0 Å². The molecule has 24 heavy (non-hydrogen) atoms. The molecule has 1 saturated carbocycles. The van der Waals surface area contributed by atoms with E-state index in [4.69, 9.17) is 0 Å². The summed E-state index contributed by atoms with van der Waals surface area (Å²) in [6.07, 6.45) is 4.82. The first-order valence-electron chi connectivity index (χ1n) is 9.68. The Morgan fingerprint density at radius 3 is 2.38 bits per heavy atom. The maximum Gasteiger partial charge on any atom is 0.227 e. The molecular formula is C21H32N2O. The number of likely N-dealkylation sites (tertiary alicyclic amines) is 1. The molecule has 3 heteroatoms. The summed E-state index contributed by atoms with van der Waals surface area (Å²) in [5.41, 5.74) is 1.18. The third-order valence-electron chi connectivity index (χ3n) is 5.43. The third kappa shape index (κ3) is 4.83. The fraction of sp³-hybridized carbons (Fsp3) is 0.667. The smallest absolute Gasteiger partial charge is 0.227 e. The van der Waals surface area contributed by atoms with Gasteiger partial charge in [-0.2, -0.15) is 0 Å². The van der Waals surface area contributed by atoms with Gasteiger partial charge in [0.2, 0.25) is 5.91 Å². The van der Waals surface area contributed by atoms with Crippen molar-refractivity contribution in [2.24, 2.45) is 17.8 Å². The fourth-order valence-electron chi connectivity index (χ4n) is 3.97. The number of nitrogens with zero attached hydrogens (tertiary/aromatic N) is 1. The van der Waals surface area contributed by atoms with Crippen LogP contribution in [0.5, 0.6) is 0 Å². The van der Waals surface area contributed by atoms with Crippen LogP contribution >= 0.6 is 0 Å². The van der Waals surface area contributed by atoms with E-state index < -0.39 is 0 Å². The first kappa shape index (κ1) is 17.5. The van der Waals surface area contributed by atoms with Gasteiger partial charge in [-0.25, -0.2) is 0 Å². The van der Waals surface area contributed by atoms with Gasteiger partial charge in [0, 0.05) is 13.1 Å². The van der Waals surface area contributed by atoms with E-state index in [1.165, 1.54) is 50.9 Å². The first-order chi connectivity index (χ1) is 11.6. The van der Waals surface area contributed by atoms with Gasteiger partial charge in [0.25, 0.3) is 0 Å². The van der Waals surface area contributed by atoms with Gasteiger partial charge >= 0.3 is 0 Å². The van der Waals surface area contributed by atoms with Gasteiger partial charge in [-0.3, -0.25) is 4.79 Å². The molecule has 0 spiro atoms. The minimum atomic E-state index is 0.0623. The van der Waals surface area contributed by atoms with Crippen LogP contribution in [0.25, 0.3) is 0 Å². The van der Waals surface area contributed by atoms with E-state index in [2.05, 4.69) is 36.2 Å². The highest BCUT2D eigenvalue weighted by Gasteiger charge is 2.37. The molecule has 1 aromatic rings. The van der Waals surface area contributed by atoms with E-state index in [1.807, 2.05) is 18.2 Å². The summed E-state index contributed by atoms with van der Waals surface area (Å²) in [6, 6.07) is 10.3. The molecule has 1 atom stereocenters. The van der Waals surface area contributed by atoms with Gasteiger partial charge in [-0.15, -0.1) is 0 Å². The van der Waals surface area contributed by atoms with Gasteiger partial charge in [0.15, 0.2) is 0 Å². The molecule has 1 heterocycles. The van der Waals surface area contributed by atoms with Crippen LogP contribution in [0.1, 0.15) is 51.0 Å². The van der Waals surface area contributed by atoms with Gasteiger partial charge in [-0.05, 0) is 62.1 Å². The Kier molecular flexibility index (Phi) is 5.94. The lowest BCUT2D eigenvalue weighted by Crippen LogP contribution is -2.41. The van der Waals surface area contributed by atoms with E-state index in [0.29, 0.717) is 11.8 Å². The van der Waals surface area contributed by atoms with Crippen LogP contribution in [0.2, 0.25) is 0 Å². The van der Waals surface area contributed by atoms with Crippen LogP contribution in [0.4, 0.5) is 0 Å². The topological polar surface area (TPSA) is 32.3 Å². The van der Waals surface area contributed by atoms with Crippen LogP contribution in [0.3, 0.4) is 0 Å². The summed E-state index contributed by atoms with van der Waals surface area (Å²) in [4.78, 5) is 15.3. The average Bonchev–Trinajstić information content (AvgIpc) is 3.40. The van der Waals surface area contributed by atoms with Crippen molar-refractivity contribution in [2.75, 3.05) is 26.2 Å². The molecule has 1 aliphatic carbocycles. The van der Waals surface area contributed by atoms with Crippen LogP contribution in [-0.2, 0) is 4.79 Å². The third-order valence-corrected chi connectivity index (χ3v) is 5.43. The SMILES string of the molecule is CC(C)CN1CCC(CNC(=O)C(c2ccccc2)C2CC2)CC1. The van der Waals surface area contributed by atoms with Crippen molar-refractivity contribution in [1.82, 2.24) is 10.2 Å². The van der Waals surface area contributed by atoms with Crippen molar-refractivity contribution < 1.29 is 4.79 Å². The minimum Gasteiger partial charge on any atom is -0.355 e. The average molecular weight is 329 g/mol. The van der Waals surface area contributed by atoms with Crippen molar-refractivity contribution in [3.63, 3.8) is 0 Å². The Morgan fingerprint density at radius 1 is 1.12 bits per heavy atom. The van der Waals surface area contributed by atoms with Gasteiger partial charge in [-0.1, -0.05) is 44.2 Å². The maximum absolute atomic E-state index is 12.8. The molecule has 1 unspecified atom stereocenters. The molecule has 1 aliphatic heterocycles. The van der Waals surface area contributed by atoms with E-state index in [1.54, 1.807) is 0 Å². The van der Waals surface area contributed by atoms with Crippen LogP contribution < -0.4 is 5.32 Å². The quantitative estimate of drug-likeness (QED) is 0.828. The van der Waals surface area contributed by atoms with Crippen molar-refractivity contribution >= 4 is 5.91 Å². The number of carbonyl (C=O) groups excluding carboxylic acids is 1. The monoisotopic (exact) mass is 328 g/mol. The molecule has 132 valence electrons. The van der Waals surface area contributed by atoms with E-state index in [-0.39, 0.29) is 11.8 Å². The summed E-state index contributed by atoms with van der Waals surface area (Å²) in [5, 5.41) is 3.27. The van der Waals surface area contributed by atoms with Crippen LogP contribution in [0, 0.1) is 17.8 Å². The van der Waals surface area contributed by atoms with Gasteiger partial charge in [0.1, 0.15) is 0 Å². The zero-order valence-corrected chi connectivity index (χ0v) is 15.2. The molecule has 0 bridgehead atoms. The lowest BCUT2D eigenvalue weighted by molar-refractivity contribution is -0.123. The molecule has 1 N–H and O–H groups in total. The minimum absolute atomic E-state index is 0.0623. The molecule has 0 aromatic heterocycles. The number of benzene rings is 1. The zero-order chi connectivity index (χ0) is 16.9. The number of hydrogen-bond donors (Lipinski definition) is 1. The molecule has 1 amide bonds. The summed E-state index contributed by atoms with van der Waals surface area (Å²) < 4.78 is 0. The van der Waals surface area contributed by atoms with Gasteiger partial charge in [0.05, 0.1) is 5.92 Å². The second-order valence-electron chi connectivity index (χ2n) is 8.11. The zero-order valence-electron chi connectivity index (χ0n) is 15.2. The molecule has 0 radical (unpaired) electrons. The van der Waals surface area contributed by atoms with Crippen LogP contribution in [-0.4, -0.2) is 37.0 Å². The summed E-state index contributed by atoms with van der Waals surface area (Å²) in [5.74, 6) is 2.25. The molecular weight excluding hydrogens is 296 g/mol. The van der Waals surface area contributed by atoms with Crippen molar-refractivity contribution in [3.8, 4) is 0 Å². The maximum atomic E-state index is 12.8. The molecule has 3 nitrogen and oxygen atoms in total. The normalized spacial score (nSPS) is 21.0. The number of hydrogen-bond acceptors (Lipinski definition) is 2. The number of piperidine rings is 1. The molecule has 2 aliphatic rings. The summed E-state index contributed by atoms with van der Waals surface area (Å²) in [6.45, 7) is 9.00. The second kappa shape index (κ2) is 8.15. The Balaban J connectivity index is 1.47. The van der Waals surface area contributed by atoms with Gasteiger partial charge < -0.3 is 10.2 Å². The van der Waals surface area contributed by atoms with Crippen molar-refractivity contribution in [3.05, 3.63) is 35.9 Å². The number of nitrogens with one attached hydrogen (secondary N) is 1. The molecule has 2 fully saturated rings. The lowest BCUT2D eigenvalue weighted by Gasteiger charge is -2.33. The highest BCUT2D eigenvalue weighted by atomic mass is 16.1. The predicted octanol–water partition coefficient (Wildman–Crippen LogP) is 3.66. The van der Waals surface area contributed by atoms with E-state index >= 15 is 0 Å². The Bertz CT molecular complexity index is 516. The number of carbonyl (C=O) groups is 1. The predicted molar refractivity (Wildman–Crippen MR) is 98.9 cm³/mol. The Labute approximate surface area is 146 Å². The molecule has 3 rings (SSSR count). The fourth-order valence-corrected chi connectivity index (χ4v) is 3.97. The van der Waals surface area contributed by atoms with Crippen LogP contribution in [0.15, 0.2) is 30.3 Å².